The minimum atomic E-state index is 0.571. The molecule has 4 heterocycles. The van der Waals surface area contributed by atoms with Crippen LogP contribution >= 0.6 is 0 Å². The summed E-state index contributed by atoms with van der Waals surface area (Å²) in [5.74, 6) is 2.31. The second-order valence-electron chi connectivity index (χ2n) is 6.44. The molecule has 0 bridgehead atoms. The third kappa shape index (κ3) is 2.85. The molecule has 1 aliphatic rings. The van der Waals surface area contributed by atoms with Crippen molar-refractivity contribution in [3.8, 4) is 22.8 Å². The van der Waals surface area contributed by atoms with E-state index in [0.29, 0.717) is 13.2 Å². The van der Waals surface area contributed by atoms with Crippen molar-refractivity contribution in [3.63, 3.8) is 0 Å². The van der Waals surface area contributed by atoms with E-state index in [4.69, 9.17) is 9.47 Å². The maximum atomic E-state index is 5.65. The molecule has 0 saturated heterocycles. The minimum Gasteiger partial charge on any atom is -0.486 e. The van der Waals surface area contributed by atoms with Crippen molar-refractivity contribution in [1.29, 1.82) is 0 Å². The second-order valence-corrected chi connectivity index (χ2v) is 6.44. The summed E-state index contributed by atoms with van der Waals surface area (Å²) in [6.45, 7) is 1.16. The molecule has 0 atom stereocenters. The molecule has 1 N–H and O–H groups in total. The standard InChI is InChI=1S/C21H18N4O2/c1-25-17(14-3-2-6-22-12-14)9-15-13-23-21(11-18(15)25)24-16-4-5-19-20(10-16)27-8-7-26-19/h2-6,9-13H,7-8H2,1H3,(H,23,24). The zero-order valence-electron chi connectivity index (χ0n) is 14.8. The van der Waals surface area contributed by atoms with Crippen molar-refractivity contribution in [2.45, 2.75) is 0 Å². The average Bonchev–Trinajstić information content (AvgIpc) is 3.05. The number of anilines is 2. The molecule has 0 amide bonds. The Kier molecular flexibility index (Phi) is 3.67. The zero-order valence-corrected chi connectivity index (χ0v) is 14.8. The quantitative estimate of drug-likeness (QED) is 0.596. The topological polar surface area (TPSA) is 61.2 Å². The SMILES string of the molecule is Cn1c(-c2cccnc2)cc2cnc(Nc3ccc4c(c3)OCCO4)cc21. The molecule has 1 aromatic carbocycles. The van der Waals surface area contributed by atoms with Crippen LogP contribution in [-0.2, 0) is 7.05 Å². The van der Waals surface area contributed by atoms with Crippen LogP contribution in [0.2, 0.25) is 0 Å². The number of hydrogen-bond acceptors (Lipinski definition) is 5. The number of fused-ring (bicyclic) bond motifs is 2. The van der Waals surface area contributed by atoms with Gasteiger partial charge in [-0.15, -0.1) is 0 Å². The maximum absolute atomic E-state index is 5.65. The number of aromatic nitrogens is 3. The number of ether oxygens (including phenoxy) is 2. The molecule has 6 nitrogen and oxygen atoms in total. The summed E-state index contributed by atoms with van der Waals surface area (Å²) in [7, 11) is 2.05. The van der Waals surface area contributed by atoms with Crippen molar-refractivity contribution in [2.75, 3.05) is 18.5 Å². The summed E-state index contributed by atoms with van der Waals surface area (Å²) >= 11 is 0. The molecule has 0 fully saturated rings. The first-order chi connectivity index (χ1) is 13.3. The van der Waals surface area contributed by atoms with Gasteiger partial charge < -0.3 is 19.4 Å². The molecule has 1 aliphatic heterocycles. The van der Waals surface area contributed by atoms with Crippen LogP contribution in [0, 0.1) is 0 Å². The van der Waals surface area contributed by atoms with Crippen molar-refractivity contribution in [3.05, 3.63) is 61.1 Å². The molecule has 27 heavy (non-hydrogen) atoms. The summed E-state index contributed by atoms with van der Waals surface area (Å²) in [6, 6.07) is 14.0. The predicted molar refractivity (Wildman–Crippen MR) is 105 cm³/mol. The Balaban J connectivity index is 1.49. The van der Waals surface area contributed by atoms with Crippen LogP contribution < -0.4 is 14.8 Å². The van der Waals surface area contributed by atoms with E-state index in [1.807, 2.05) is 42.7 Å². The summed E-state index contributed by atoms with van der Waals surface area (Å²) < 4.78 is 13.4. The van der Waals surface area contributed by atoms with Crippen molar-refractivity contribution >= 4 is 22.4 Å². The lowest BCUT2D eigenvalue weighted by molar-refractivity contribution is 0.171. The van der Waals surface area contributed by atoms with Crippen LogP contribution in [0.4, 0.5) is 11.5 Å². The van der Waals surface area contributed by atoms with E-state index >= 15 is 0 Å². The van der Waals surface area contributed by atoms with Gasteiger partial charge >= 0.3 is 0 Å². The molecule has 6 heteroatoms. The number of nitrogens with zero attached hydrogens (tertiary/aromatic N) is 3. The molecule has 0 radical (unpaired) electrons. The van der Waals surface area contributed by atoms with Gasteiger partial charge in [0.25, 0.3) is 0 Å². The zero-order chi connectivity index (χ0) is 18.2. The Hall–Kier alpha value is -3.54. The number of hydrogen-bond donors (Lipinski definition) is 1. The number of aryl methyl sites for hydroxylation is 1. The normalized spacial score (nSPS) is 12.9. The first-order valence-corrected chi connectivity index (χ1v) is 8.80. The van der Waals surface area contributed by atoms with Crippen LogP contribution in [0.1, 0.15) is 0 Å². The lowest BCUT2D eigenvalue weighted by Gasteiger charge is -2.19. The molecule has 0 unspecified atom stereocenters. The van der Waals surface area contributed by atoms with Crippen molar-refractivity contribution in [1.82, 2.24) is 14.5 Å². The van der Waals surface area contributed by atoms with Gasteiger partial charge in [-0.1, -0.05) is 0 Å². The molecular formula is C21H18N4O2. The smallest absolute Gasteiger partial charge is 0.163 e. The van der Waals surface area contributed by atoms with Gasteiger partial charge in [0.05, 0.1) is 11.2 Å². The molecule has 0 saturated carbocycles. The fourth-order valence-corrected chi connectivity index (χ4v) is 3.36. The summed E-state index contributed by atoms with van der Waals surface area (Å²) in [6.07, 6.45) is 5.54. The molecule has 0 aliphatic carbocycles. The average molecular weight is 358 g/mol. The first kappa shape index (κ1) is 15.7. The van der Waals surface area contributed by atoms with Gasteiger partial charge in [0.1, 0.15) is 19.0 Å². The number of benzene rings is 1. The van der Waals surface area contributed by atoms with Crippen molar-refractivity contribution < 1.29 is 9.47 Å². The van der Waals surface area contributed by atoms with E-state index < -0.39 is 0 Å². The van der Waals surface area contributed by atoms with Crippen LogP contribution in [-0.4, -0.2) is 27.7 Å². The van der Waals surface area contributed by atoms with E-state index in [2.05, 4.69) is 39.0 Å². The lowest BCUT2D eigenvalue weighted by Crippen LogP contribution is -2.15. The highest BCUT2D eigenvalue weighted by molar-refractivity contribution is 5.88. The largest absolute Gasteiger partial charge is 0.486 e. The van der Waals surface area contributed by atoms with Crippen molar-refractivity contribution in [2.24, 2.45) is 7.05 Å². The predicted octanol–water partition coefficient (Wildman–Crippen LogP) is 4.15. The lowest BCUT2D eigenvalue weighted by atomic mass is 10.2. The highest BCUT2D eigenvalue weighted by Crippen LogP contribution is 2.34. The highest BCUT2D eigenvalue weighted by atomic mass is 16.6. The van der Waals surface area contributed by atoms with E-state index in [-0.39, 0.29) is 0 Å². The minimum absolute atomic E-state index is 0.571. The number of pyridine rings is 2. The summed E-state index contributed by atoms with van der Waals surface area (Å²) in [5.41, 5.74) is 4.20. The monoisotopic (exact) mass is 358 g/mol. The third-order valence-electron chi connectivity index (χ3n) is 4.70. The maximum Gasteiger partial charge on any atom is 0.163 e. The highest BCUT2D eigenvalue weighted by Gasteiger charge is 2.13. The van der Waals surface area contributed by atoms with Crippen LogP contribution in [0.15, 0.2) is 61.1 Å². The van der Waals surface area contributed by atoms with E-state index in [0.717, 1.165) is 45.2 Å². The number of rotatable bonds is 3. The van der Waals surface area contributed by atoms with Gasteiger partial charge in [-0.05, 0) is 30.3 Å². The Morgan fingerprint density at radius 1 is 1.00 bits per heavy atom. The van der Waals surface area contributed by atoms with Crippen LogP contribution in [0.3, 0.4) is 0 Å². The molecule has 134 valence electrons. The Morgan fingerprint density at radius 3 is 2.74 bits per heavy atom. The van der Waals surface area contributed by atoms with E-state index in [1.165, 1.54) is 0 Å². The molecular weight excluding hydrogens is 340 g/mol. The van der Waals surface area contributed by atoms with Crippen LogP contribution in [0.5, 0.6) is 11.5 Å². The molecule has 4 aromatic rings. The fourth-order valence-electron chi connectivity index (χ4n) is 3.36. The van der Waals surface area contributed by atoms with E-state index in [9.17, 15) is 0 Å². The second kappa shape index (κ2) is 6.32. The van der Waals surface area contributed by atoms with E-state index in [1.54, 1.807) is 6.20 Å². The Bertz CT molecular complexity index is 1120. The molecule has 0 spiro atoms. The third-order valence-corrected chi connectivity index (χ3v) is 4.70. The summed E-state index contributed by atoms with van der Waals surface area (Å²) in [4.78, 5) is 8.77. The Morgan fingerprint density at radius 2 is 1.89 bits per heavy atom. The fraction of sp³-hybridized carbons (Fsp3) is 0.143. The number of nitrogens with one attached hydrogen (secondary N) is 1. The van der Waals surface area contributed by atoms with Gasteiger partial charge in [0.15, 0.2) is 11.5 Å². The van der Waals surface area contributed by atoms with Gasteiger partial charge in [-0.2, -0.15) is 0 Å². The molecule has 3 aromatic heterocycles. The molecule has 5 rings (SSSR count). The Labute approximate surface area is 156 Å². The summed E-state index contributed by atoms with van der Waals surface area (Å²) in [5, 5.41) is 4.44. The van der Waals surface area contributed by atoms with Gasteiger partial charge in [0.2, 0.25) is 0 Å². The van der Waals surface area contributed by atoms with Gasteiger partial charge in [0, 0.05) is 54.4 Å². The van der Waals surface area contributed by atoms with Crippen LogP contribution in [0.25, 0.3) is 22.2 Å². The van der Waals surface area contributed by atoms with Gasteiger partial charge in [-0.25, -0.2) is 4.98 Å². The van der Waals surface area contributed by atoms with Gasteiger partial charge in [-0.3, -0.25) is 4.98 Å². The first-order valence-electron chi connectivity index (χ1n) is 8.80.